The number of benzene rings is 2. The summed E-state index contributed by atoms with van der Waals surface area (Å²) < 4.78 is 5.52. The summed E-state index contributed by atoms with van der Waals surface area (Å²) in [5.74, 6) is 0.587. The summed E-state index contributed by atoms with van der Waals surface area (Å²) in [6, 6.07) is 16.0. The minimum Gasteiger partial charge on any atom is -0.484 e. The van der Waals surface area contributed by atoms with Crippen LogP contribution in [0.2, 0.25) is 0 Å². The summed E-state index contributed by atoms with van der Waals surface area (Å²) in [5, 5.41) is 2.96. The molecule has 122 valence electrons. The Labute approximate surface area is 142 Å². The number of rotatable bonds is 7. The van der Waals surface area contributed by atoms with Crippen molar-refractivity contribution < 1.29 is 9.53 Å². The normalized spacial score (nSPS) is 11.8. The first-order chi connectivity index (χ1) is 11.1. The average molecular weight is 329 g/mol. The van der Waals surface area contributed by atoms with Crippen molar-refractivity contribution in [3.05, 3.63) is 59.7 Å². The Morgan fingerprint density at radius 2 is 1.78 bits per heavy atom. The largest absolute Gasteiger partial charge is 0.484 e. The first-order valence-corrected chi connectivity index (χ1v) is 9.00. The molecular weight excluding hydrogens is 306 g/mol. The molecule has 0 radical (unpaired) electrons. The monoisotopic (exact) mass is 329 g/mol. The van der Waals surface area contributed by atoms with Crippen molar-refractivity contribution in [3.8, 4) is 5.75 Å². The minimum atomic E-state index is -0.119. The van der Waals surface area contributed by atoms with Gasteiger partial charge in [0.2, 0.25) is 0 Å². The molecule has 0 saturated heterocycles. The Hall–Kier alpha value is -1.94. The average Bonchev–Trinajstić information content (AvgIpc) is 2.60. The fraction of sp³-hybridized carbons (Fsp3) is 0.316. The lowest BCUT2D eigenvalue weighted by molar-refractivity contribution is -0.123. The highest BCUT2D eigenvalue weighted by Gasteiger charge is 2.10. The zero-order valence-corrected chi connectivity index (χ0v) is 14.7. The first kappa shape index (κ1) is 17.4. The molecule has 23 heavy (non-hydrogen) atoms. The van der Waals surface area contributed by atoms with Crippen molar-refractivity contribution in [1.29, 1.82) is 0 Å². The van der Waals surface area contributed by atoms with Crippen molar-refractivity contribution in [2.75, 3.05) is 12.9 Å². The topological polar surface area (TPSA) is 38.3 Å². The number of amides is 1. The molecule has 1 amide bonds. The minimum absolute atomic E-state index is 0.0238. The van der Waals surface area contributed by atoms with E-state index >= 15 is 0 Å². The van der Waals surface area contributed by atoms with Gasteiger partial charge in [-0.2, -0.15) is 0 Å². The van der Waals surface area contributed by atoms with Crippen LogP contribution in [0.4, 0.5) is 0 Å². The second kappa shape index (κ2) is 8.63. The molecule has 2 rings (SSSR count). The number of aryl methyl sites for hydroxylation is 1. The van der Waals surface area contributed by atoms with Gasteiger partial charge in [0, 0.05) is 4.90 Å². The number of carbonyl (C=O) groups is 1. The number of hydrogen-bond donors (Lipinski definition) is 1. The molecule has 3 nitrogen and oxygen atoms in total. The van der Waals surface area contributed by atoms with Gasteiger partial charge >= 0.3 is 0 Å². The molecule has 0 aliphatic rings. The summed E-state index contributed by atoms with van der Waals surface area (Å²) in [6.45, 7) is 4.13. The molecule has 0 spiro atoms. The predicted molar refractivity (Wildman–Crippen MR) is 96.1 cm³/mol. The molecule has 1 atom stereocenters. The van der Waals surface area contributed by atoms with Gasteiger partial charge in [0.15, 0.2) is 6.61 Å². The fourth-order valence-electron chi connectivity index (χ4n) is 2.23. The molecule has 0 aromatic heterocycles. The summed E-state index contributed by atoms with van der Waals surface area (Å²) >= 11 is 1.68. The number of thioether (sulfide) groups is 1. The van der Waals surface area contributed by atoms with Gasteiger partial charge in [0.25, 0.3) is 5.91 Å². The van der Waals surface area contributed by atoms with Crippen LogP contribution in [-0.2, 0) is 11.2 Å². The molecule has 0 fully saturated rings. The van der Waals surface area contributed by atoms with Crippen LogP contribution in [0.15, 0.2) is 53.4 Å². The maximum absolute atomic E-state index is 12.0. The van der Waals surface area contributed by atoms with Gasteiger partial charge < -0.3 is 10.1 Å². The predicted octanol–water partition coefficient (Wildman–Crippen LogP) is 4.23. The lowest BCUT2D eigenvalue weighted by Gasteiger charge is -2.15. The van der Waals surface area contributed by atoms with Crippen molar-refractivity contribution >= 4 is 17.7 Å². The third-order valence-electron chi connectivity index (χ3n) is 3.69. The van der Waals surface area contributed by atoms with Gasteiger partial charge in [-0.25, -0.2) is 0 Å². The van der Waals surface area contributed by atoms with Gasteiger partial charge in [-0.15, -0.1) is 11.8 Å². The van der Waals surface area contributed by atoms with Crippen molar-refractivity contribution in [3.63, 3.8) is 0 Å². The second-order valence-electron chi connectivity index (χ2n) is 5.35. The van der Waals surface area contributed by atoms with Crippen LogP contribution < -0.4 is 10.1 Å². The summed E-state index contributed by atoms with van der Waals surface area (Å²) in [7, 11) is 0. The quantitative estimate of drug-likeness (QED) is 0.773. The molecule has 0 heterocycles. The van der Waals surface area contributed by atoms with Gasteiger partial charge in [-0.1, -0.05) is 31.2 Å². The van der Waals surface area contributed by atoms with Crippen LogP contribution in [0.5, 0.6) is 5.75 Å². The Morgan fingerprint density at radius 1 is 1.13 bits per heavy atom. The SMILES string of the molecule is CCc1ccc([C@H](C)NC(=O)COc2ccc(SC)cc2)cc1. The van der Waals surface area contributed by atoms with Crippen LogP contribution in [-0.4, -0.2) is 18.8 Å². The summed E-state index contributed by atoms with van der Waals surface area (Å²) in [5.41, 5.74) is 2.39. The lowest BCUT2D eigenvalue weighted by Crippen LogP contribution is -2.31. The highest BCUT2D eigenvalue weighted by Crippen LogP contribution is 2.19. The fourth-order valence-corrected chi connectivity index (χ4v) is 2.64. The molecule has 4 heteroatoms. The number of hydrogen-bond acceptors (Lipinski definition) is 3. The van der Waals surface area contributed by atoms with E-state index in [9.17, 15) is 4.79 Å². The van der Waals surface area contributed by atoms with Gasteiger partial charge in [0.1, 0.15) is 5.75 Å². The van der Waals surface area contributed by atoms with E-state index in [1.165, 1.54) is 10.5 Å². The van der Waals surface area contributed by atoms with Crippen molar-refractivity contribution in [2.24, 2.45) is 0 Å². The molecule has 2 aromatic carbocycles. The molecular formula is C19H23NO2S. The highest BCUT2D eigenvalue weighted by molar-refractivity contribution is 7.98. The maximum Gasteiger partial charge on any atom is 0.258 e. The van der Waals surface area contributed by atoms with Gasteiger partial charge in [-0.05, 0) is 55.0 Å². The molecule has 0 unspecified atom stereocenters. The second-order valence-corrected chi connectivity index (χ2v) is 6.23. The Balaban J connectivity index is 1.83. The third-order valence-corrected chi connectivity index (χ3v) is 4.44. The summed E-state index contributed by atoms with van der Waals surface area (Å²) in [4.78, 5) is 13.2. The number of carbonyl (C=O) groups excluding carboxylic acids is 1. The van der Waals surface area contributed by atoms with Crippen molar-refractivity contribution in [1.82, 2.24) is 5.32 Å². The van der Waals surface area contributed by atoms with Crippen LogP contribution in [0.3, 0.4) is 0 Å². The van der Waals surface area contributed by atoms with E-state index in [0.29, 0.717) is 5.75 Å². The van der Waals surface area contributed by atoms with E-state index in [1.807, 2.05) is 37.4 Å². The summed E-state index contributed by atoms with van der Waals surface area (Å²) in [6.07, 6.45) is 3.04. The van der Waals surface area contributed by atoms with Crippen LogP contribution in [0.1, 0.15) is 31.0 Å². The molecule has 0 aliphatic heterocycles. The molecule has 2 aromatic rings. The van der Waals surface area contributed by atoms with Crippen molar-refractivity contribution in [2.45, 2.75) is 31.2 Å². The molecule has 0 aliphatic carbocycles. The van der Waals surface area contributed by atoms with Crippen LogP contribution in [0.25, 0.3) is 0 Å². The van der Waals surface area contributed by atoms with E-state index in [-0.39, 0.29) is 18.6 Å². The Kier molecular flexibility index (Phi) is 6.53. The van der Waals surface area contributed by atoms with Gasteiger partial charge in [0.05, 0.1) is 6.04 Å². The first-order valence-electron chi connectivity index (χ1n) is 7.77. The zero-order chi connectivity index (χ0) is 16.7. The van der Waals surface area contributed by atoms with E-state index < -0.39 is 0 Å². The molecule has 0 bridgehead atoms. The number of ether oxygens (including phenoxy) is 1. The molecule has 0 saturated carbocycles. The van der Waals surface area contributed by atoms with E-state index in [2.05, 4.69) is 36.5 Å². The Bertz CT molecular complexity index is 623. The standard InChI is InChI=1S/C19H23NO2S/c1-4-15-5-7-16(8-6-15)14(2)20-19(21)13-22-17-9-11-18(23-3)12-10-17/h5-12,14H,4,13H2,1-3H3,(H,20,21)/t14-/m0/s1. The van der Waals surface area contributed by atoms with E-state index in [1.54, 1.807) is 11.8 Å². The Morgan fingerprint density at radius 3 is 2.35 bits per heavy atom. The highest BCUT2D eigenvalue weighted by atomic mass is 32.2. The van der Waals surface area contributed by atoms with Gasteiger partial charge in [-0.3, -0.25) is 4.79 Å². The third kappa shape index (κ3) is 5.32. The van der Waals surface area contributed by atoms with Crippen LogP contribution >= 0.6 is 11.8 Å². The number of nitrogens with one attached hydrogen (secondary N) is 1. The zero-order valence-electron chi connectivity index (χ0n) is 13.8. The molecule has 1 N–H and O–H groups in total. The van der Waals surface area contributed by atoms with Crippen LogP contribution in [0, 0.1) is 0 Å². The smallest absolute Gasteiger partial charge is 0.258 e. The maximum atomic E-state index is 12.0. The lowest BCUT2D eigenvalue weighted by atomic mass is 10.1. The van der Waals surface area contributed by atoms with E-state index in [4.69, 9.17) is 4.74 Å². The van der Waals surface area contributed by atoms with E-state index in [0.717, 1.165) is 12.0 Å².